The first-order chi connectivity index (χ1) is 22.5. The Labute approximate surface area is 269 Å². The molecule has 0 saturated heterocycles. The molecule has 5 aromatic rings. The number of carboxylic acids is 1. The fraction of sp³-hybridized carbons (Fsp3) is 0.257. The zero-order valence-electron chi connectivity index (χ0n) is 25.2. The highest BCUT2D eigenvalue weighted by molar-refractivity contribution is 7.90. The normalized spacial score (nSPS) is 20.6. The molecule has 0 radical (unpaired) electrons. The molecule has 238 valence electrons. The molecule has 3 aromatic carbocycles. The van der Waals surface area contributed by atoms with Gasteiger partial charge in [-0.3, -0.25) is 4.79 Å². The van der Waals surface area contributed by atoms with Crippen molar-refractivity contribution in [2.75, 3.05) is 5.32 Å². The number of nitrogens with zero attached hydrogens (tertiary/aromatic N) is 4. The maximum Gasteiger partial charge on any atom is 0.308 e. The molecule has 0 amide bonds. The third-order valence-corrected chi connectivity index (χ3v) is 11.1. The van der Waals surface area contributed by atoms with E-state index in [1.165, 1.54) is 18.3 Å². The summed E-state index contributed by atoms with van der Waals surface area (Å²) >= 11 is 0. The number of carboxylic acid groups (broad SMARTS) is 1. The third kappa shape index (κ3) is 5.40. The van der Waals surface area contributed by atoms with Crippen LogP contribution in [0.3, 0.4) is 0 Å². The van der Waals surface area contributed by atoms with Crippen molar-refractivity contribution < 1.29 is 27.1 Å². The number of hydrogen-bond acceptors (Lipinski definition) is 7. The lowest BCUT2D eigenvalue weighted by Gasteiger charge is -2.47. The number of nitrogens with one attached hydrogen (secondary N) is 1. The Balaban J connectivity index is 1.42. The quantitative estimate of drug-likeness (QED) is 0.197. The second-order valence-corrected chi connectivity index (χ2v) is 14.1. The summed E-state index contributed by atoms with van der Waals surface area (Å²) in [5.74, 6) is -3.07. The first-order valence-corrected chi connectivity index (χ1v) is 16.7. The summed E-state index contributed by atoms with van der Waals surface area (Å²) in [6, 6.07) is 17.7. The summed E-state index contributed by atoms with van der Waals surface area (Å²) in [6.45, 7) is 1.81. The molecule has 0 aliphatic heterocycles. The number of aryl methyl sites for hydroxylation is 1. The molecule has 2 aromatic heterocycles. The molecule has 47 heavy (non-hydrogen) atoms. The average molecular weight is 654 g/mol. The SMILES string of the molecule is Cc1ccc(S(=O)(=O)n2cc(-c3nc(NC4C5CCC(CC5)C4C(=O)O)cc(-c4ccc(C#N)cc4)n3)c3cc(F)cc(F)c32)cc1. The Morgan fingerprint density at radius 1 is 0.979 bits per heavy atom. The van der Waals surface area contributed by atoms with Crippen molar-refractivity contribution in [3.63, 3.8) is 0 Å². The van der Waals surface area contributed by atoms with E-state index in [2.05, 4.69) is 11.4 Å². The van der Waals surface area contributed by atoms with Gasteiger partial charge >= 0.3 is 5.97 Å². The maximum atomic E-state index is 15.5. The molecular formula is C35H29F2N5O4S. The van der Waals surface area contributed by atoms with Crippen molar-refractivity contribution in [2.45, 2.75) is 43.5 Å². The molecule has 9 nitrogen and oxygen atoms in total. The average Bonchev–Trinajstić information content (AvgIpc) is 3.46. The Morgan fingerprint density at radius 2 is 1.66 bits per heavy atom. The van der Waals surface area contributed by atoms with Crippen LogP contribution in [0.15, 0.2) is 77.8 Å². The number of rotatable bonds is 7. The van der Waals surface area contributed by atoms with Crippen LogP contribution in [0.5, 0.6) is 0 Å². The van der Waals surface area contributed by atoms with Crippen molar-refractivity contribution >= 4 is 32.7 Å². The lowest BCUT2D eigenvalue weighted by molar-refractivity contribution is -0.148. The van der Waals surface area contributed by atoms with Crippen LogP contribution in [-0.4, -0.2) is 39.5 Å². The minimum absolute atomic E-state index is 0.0185. The lowest BCUT2D eigenvalue weighted by atomic mass is 9.61. The van der Waals surface area contributed by atoms with Crippen molar-refractivity contribution in [1.82, 2.24) is 13.9 Å². The van der Waals surface area contributed by atoms with Gasteiger partial charge in [0.05, 0.1) is 28.1 Å². The molecule has 3 aliphatic rings. The number of carbonyl (C=O) groups is 1. The van der Waals surface area contributed by atoms with Crippen molar-refractivity contribution in [3.8, 4) is 28.7 Å². The van der Waals surface area contributed by atoms with Crippen LogP contribution in [0.25, 0.3) is 33.5 Å². The number of nitriles is 1. The number of aromatic nitrogens is 3. The van der Waals surface area contributed by atoms with Gasteiger partial charge in [0.25, 0.3) is 10.0 Å². The highest BCUT2D eigenvalue weighted by Crippen LogP contribution is 2.46. The summed E-state index contributed by atoms with van der Waals surface area (Å²) in [4.78, 5) is 21.7. The second kappa shape index (κ2) is 11.6. The van der Waals surface area contributed by atoms with Gasteiger partial charge in [0.2, 0.25) is 0 Å². The van der Waals surface area contributed by atoms with Gasteiger partial charge in [0.15, 0.2) is 11.6 Å². The standard InChI is InChI=1S/C35H29F2N5O4S/c1-19-2-12-25(13-3-19)47(45,46)42-18-27(26-14-24(36)15-28(37)33(26)42)34-39-29(21-6-4-20(17-38)5-7-21)16-30(41-34)40-32-23-10-8-22(9-11-23)31(32)35(43)44/h2-7,12-16,18,22-23,31-32H,8-11H2,1H3,(H,43,44)(H,39,40,41). The van der Waals surface area contributed by atoms with E-state index in [0.29, 0.717) is 22.9 Å². The molecular weight excluding hydrogens is 624 g/mol. The van der Waals surface area contributed by atoms with E-state index in [1.54, 1.807) is 42.5 Å². The Morgan fingerprint density at radius 3 is 2.32 bits per heavy atom. The second-order valence-electron chi connectivity index (χ2n) is 12.3. The summed E-state index contributed by atoms with van der Waals surface area (Å²) in [5.41, 5.74) is 1.95. The molecule has 2 N–H and O–H groups in total. The van der Waals surface area contributed by atoms with E-state index in [9.17, 15) is 28.0 Å². The molecule has 3 fully saturated rings. The van der Waals surface area contributed by atoms with E-state index >= 15 is 4.39 Å². The van der Waals surface area contributed by atoms with Gasteiger partial charge in [0, 0.05) is 40.9 Å². The van der Waals surface area contributed by atoms with Crippen LogP contribution in [0, 0.1) is 47.6 Å². The third-order valence-electron chi connectivity index (χ3n) is 9.46. The van der Waals surface area contributed by atoms with Gasteiger partial charge in [-0.1, -0.05) is 29.8 Å². The van der Waals surface area contributed by atoms with E-state index < -0.39 is 39.6 Å². The number of aliphatic carboxylic acids is 1. The molecule has 3 saturated carbocycles. The maximum absolute atomic E-state index is 15.5. The summed E-state index contributed by atoms with van der Waals surface area (Å²) in [6.07, 6.45) is 4.65. The first-order valence-electron chi connectivity index (χ1n) is 15.2. The fourth-order valence-electron chi connectivity index (χ4n) is 7.13. The zero-order chi connectivity index (χ0) is 33.0. The fourth-order valence-corrected chi connectivity index (χ4v) is 8.50. The topological polar surface area (TPSA) is 138 Å². The summed E-state index contributed by atoms with van der Waals surface area (Å²) in [5, 5.41) is 22.8. The first kappa shape index (κ1) is 30.5. The van der Waals surface area contributed by atoms with Crippen LogP contribution >= 0.6 is 0 Å². The van der Waals surface area contributed by atoms with Crippen LogP contribution in [0.2, 0.25) is 0 Å². The van der Waals surface area contributed by atoms with E-state index in [1.807, 2.05) is 6.92 Å². The Kier molecular flexibility index (Phi) is 7.51. The highest BCUT2D eigenvalue weighted by Gasteiger charge is 2.47. The van der Waals surface area contributed by atoms with Crippen LogP contribution in [0.4, 0.5) is 14.6 Å². The molecule has 2 unspecified atom stereocenters. The molecule has 2 atom stereocenters. The summed E-state index contributed by atoms with van der Waals surface area (Å²) in [7, 11) is -4.34. The van der Waals surface area contributed by atoms with Crippen molar-refractivity contribution in [3.05, 3.63) is 95.7 Å². The van der Waals surface area contributed by atoms with E-state index in [4.69, 9.17) is 9.97 Å². The zero-order valence-corrected chi connectivity index (χ0v) is 26.0. The number of halogens is 2. The molecule has 2 heterocycles. The van der Waals surface area contributed by atoms with Gasteiger partial charge in [0.1, 0.15) is 17.2 Å². The number of hydrogen-bond donors (Lipinski definition) is 2. The van der Waals surface area contributed by atoms with Crippen LogP contribution in [0.1, 0.15) is 36.8 Å². The largest absolute Gasteiger partial charge is 0.481 e. The summed E-state index contributed by atoms with van der Waals surface area (Å²) < 4.78 is 58.7. The van der Waals surface area contributed by atoms with Gasteiger partial charge in [-0.25, -0.2) is 31.1 Å². The Hall–Kier alpha value is -5.15. The van der Waals surface area contributed by atoms with Crippen LogP contribution < -0.4 is 5.32 Å². The van der Waals surface area contributed by atoms with Gasteiger partial charge in [-0.15, -0.1) is 0 Å². The number of fused-ring (bicyclic) bond motifs is 4. The lowest BCUT2D eigenvalue weighted by Crippen LogP contribution is -2.51. The Bertz CT molecular complexity index is 2190. The van der Waals surface area contributed by atoms with Crippen LogP contribution in [-0.2, 0) is 14.8 Å². The molecule has 8 rings (SSSR count). The van der Waals surface area contributed by atoms with Gasteiger partial charge in [-0.2, -0.15) is 5.26 Å². The van der Waals surface area contributed by atoms with E-state index in [-0.39, 0.29) is 44.8 Å². The predicted octanol–water partition coefficient (Wildman–Crippen LogP) is 6.76. The van der Waals surface area contributed by atoms with E-state index in [0.717, 1.165) is 41.3 Å². The van der Waals surface area contributed by atoms with Gasteiger partial charge in [-0.05, 0) is 74.8 Å². The monoisotopic (exact) mass is 653 g/mol. The minimum Gasteiger partial charge on any atom is -0.481 e. The van der Waals surface area contributed by atoms with Crippen molar-refractivity contribution in [1.29, 1.82) is 5.26 Å². The smallest absolute Gasteiger partial charge is 0.308 e. The molecule has 3 aliphatic carbocycles. The molecule has 0 spiro atoms. The van der Waals surface area contributed by atoms with Gasteiger partial charge < -0.3 is 10.4 Å². The highest BCUT2D eigenvalue weighted by atomic mass is 32.2. The van der Waals surface area contributed by atoms with Crippen molar-refractivity contribution in [2.24, 2.45) is 17.8 Å². The number of benzene rings is 3. The number of anilines is 1. The molecule has 2 bridgehead atoms. The predicted molar refractivity (Wildman–Crippen MR) is 171 cm³/mol. The minimum atomic E-state index is -4.34. The molecule has 12 heteroatoms.